The molecular weight excluding hydrogens is 263 g/mol. The predicted molar refractivity (Wildman–Crippen MR) is 58.7 cm³/mol. The number of alkyl halides is 3. The number of nitrogens with one attached hydrogen (secondary N) is 1. The molecule has 1 rings (SSSR count). The minimum Gasteiger partial charge on any atom is -0.409 e. The van der Waals surface area contributed by atoms with Crippen molar-refractivity contribution >= 4 is 34.9 Å². The normalized spacial score (nSPS) is 21.9. The molecule has 1 N–H and O–H groups in total. The van der Waals surface area contributed by atoms with Crippen molar-refractivity contribution in [2.24, 2.45) is 5.92 Å². The van der Waals surface area contributed by atoms with E-state index < -0.39 is 6.36 Å². The average molecular weight is 272 g/mol. The van der Waals surface area contributed by atoms with E-state index >= 15 is 0 Å². The first-order valence-corrected chi connectivity index (χ1v) is 5.35. The van der Waals surface area contributed by atoms with Crippen molar-refractivity contribution in [3.05, 3.63) is 10.8 Å². The number of hydrogen-bond acceptors (Lipinski definition) is 3. The predicted octanol–water partition coefficient (Wildman–Crippen LogP) is 3.79. The number of ether oxygens (including phenoxy) is 1. The van der Waals surface area contributed by atoms with Crippen LogP contribution in [0.1, 0.15) is 19.3 Å². The van der Waals surface area contributed by atoms with Crippen LogP contribution >= 0.6 is 23.8 Å². The van der Waals surface area contributed by atoms with Gasteiger partial charge >= 0.3 is 6.36 Å². The first-order valence-electron chi connectivity index (χ1n) is 4.50. The van der Waals surface area contributed by atoms with Crippen LogP contribution in [0, 0.1) is 11.3 Å². The summed E-state index contributed by atoms with van der Waals surface area (Å²) in [6, 6.07) is 0. The Morgan fingerprint density at radius 1 is 1.56 bits per heavy atom. The molecule has 1 aliphatic rings. The van der Waals surface area contributed by atoms with E-state index in [-0.39, 0.29) is 35.3 Å². The van der Waals surface area contributed by atoms with Gasteiger partial charge in [-0.25, -0.2) is 0 Å². The zero-order valence-corrected chi connectivity index (χ0v) is 9.68. The van der Waals surface area contributed by atoms with Crippen LogP contribution in [0.15, 0.2) is 10.8 Å². The molecule has 0 bridgehead atoms. The van der Waals surface area contributed by atoms with Gasteiger partial charge in [0.2, 0.25) is 0 Å². The molecule has 1 aliphatic carbocycles. The van der Waals surface area contributed by atoms with Gasteiger partial charge in [-0.05, 0) is 12.8 Å². The molecule has 0 heterocycles. The summed E-state index contributed by atoms with van der Waals surface area (Å²) >= 11 is 10.2. The molecule has 0 fully saturated rings. The van der Waals surface area contributed by atoms with Gasteiger partial charge in [-0.15, -0.1) is 13.2 Å². The third-order valence-electron chi connectivity index (χ3n) is 2.25. The fourth-order valence-corrected chi connectivity index (χ4v) is 1.89. The van der Waals surface area contributed by atoms with Crippen molar-refractivity contribution in [2.75, 3.05) is 0 Å². The van der Waals surface area contributed by atoms with E-state index in [9.17, 15) is 13.2 Å². The van der Waals surface area contributed by atoms with Crippen molar-refractivity contribution in [3.63, 3.8) is 0 Å². The molecule has 90 valence electrons. The van der Waals surface area contributed by atoms with Crippen molar-refractivity contribution in [1.82, 2.24) is 0 Å². The molecule has 0 aliphatic heterocycles. The van der Waals surface area contributed by atoms with Crippen molar-refractivity contribution < 1.29 is 17.9 Å². The lowest BCUT2D eigenvalue weighted by Gasteiger charge is -2.24. The van der Waals surface area contributed by atoms with Gasteiger partial charge in [0.15, 0.2) is 0 Å². The zero-order chi connectivity index (χ0) is 12.3. The van der Waals surface area contributed by atoms with E-state index in [4.69, 9.17) is 17.0 Å². The Balaban J connectivity index is 2.75. The van der Waals surface area contributed by atoms with E-state index in [0.29, 0.717) is 6.42 Å². The van der Waals surface area contributed by atoms with Crippen LogP contribution in [0.2, 0.25) is 0 Å². The average Bonchev–Trinajstić information content (AvgIpc) is 2.18. The zero-order valence-electron chi connectivity index (χ0n) is 8.10. The topological polar surface area (TPSA) is 33.1 Å². The minimum absolute atomic E-state index is 0.0235. The van der Waals surface area contributed by atoms with Crippen molar-refractivity contribution in [1.29, 1.82) is 5.41 Å². The summed E-state index contributed by atoms with van der Waals surface area (Å²) < 4.78 is 39.9. The SMILES string of the molecule is N=C(C=S)C1CCC(Cl)=C(OC(F)(F)F)C1. The van der Waals surface area contributed by atoms with Gasteiger partial charge in [-0.1, -0.05) is 23.8 Å². The maximum Gasteiger partial charge on any atom is 0.572 e. The summed E-state index contributed by atoms with van der Waals surface area (Å²) in [4.78, 5) is 0. The maximum atomic E-state index is 12.0. The van der Waals surface area contributed by atoms with E-state index in [2.05, 4.69) is 17.0 Å². The van der Waals surface area contributed by atoms with Crippen molar-refractivity contribution in [2.45, 2.75) is 25.6 Å². The van der Waals surface area contributed by atoms with Crippen LogP contribution in [0.4, 0.5) is 13.2 Å². The lowest BCUT2D eigenvalue weighted by Crippen LogP contribution is -2.23. The quantitative estimate of drug-likeness (QED) is 0.626. The van der Waals surface area contributed by atoms with Crippen LogP contribution in [-0.2, 0) is 4.74 Å². The summed E-state index contributed by atoms with van der Waals surface area (Å²) in [6.45, 7) is 0. The lowest BCUT2D eigenvalue weighted by atomic mass is 9.89. The highest BCUT2D eigenvalue weighted by atomic mass is 35.5. The second-order valence-corrected chi connectivity index (χ2v) is 4.08. The molecule has 0 saturated heterocycles. The number of thiocarbonyl (C=S) groups is 1. The first-order chi connectivity index (χ1) is 7.33. The third kappa shape index (κ3) is 3.75. The molecule has 0 aromatic heterocycles. The van der Waals surface area contributed by atoms with Gasteiger partial charge in [0.05, 0.1) is 5.03 Å². The molecule has 2 nitrogen and oxygen atoms in total. The number of rotatable bonds is 3. The number of hydrogen-bond donors (Lipinski definition) is 1. The second kappa shape index (κ2) is 5.14. The summed E-state index contributed by atoms with van der Waals surface area (Å²) in [5.41, 5.74) is 0.141. The molecule has 0 amide bonds. The summed E-state index contributed by atoms with van der Waals surface area (Å²) in [5.74, 6) is -0.635. The molecule has 0 radical (unpaired) electrons. The largest absolute Gasteiger partial charge is 0.572 e. The Bertz CT molecular complexity index is 340. The molecule has 0 aromatic carbocycles. The van der Waals surface area contributed by atoms with Gasteiger partial charge in [0.1, 0.15) is 5.76 Å². The fraction of sp³-hybridized carbons (Fsp3) is 0.556. The minimum atomic E-state index is -4.74. The molecule has 7 heteroatoms. The smallest absolute Gasteiger partial charge is 0.409 e. The molecule has 0 spiro atoms. The summed E-state index contributed by atoms with van der Waals surface area (Å²) in [6.07, 6.45) is -3.96. The van der Waals surface area contributed by atoms with E-state index in [1.165, 1.54) is 0 Å². The van der Waals surface area contributed by atoms with Crippen LogP contribution in [0.3, 0.4) is 0 Å². The monoisotopic (exact) mass is 271 g/mol. The Hall–Kier alpha value is -0.620. The van der Waals surface area contributed by atoms with Gasteiger partial charge in [-0.2, -0.15) is 0 Å². The third-order valence-corrected chi connectivity index (χ3v) is 2.91. The maximum absolute atomic E-state index is 12.0. The highest BCUT2D eigenvalue weighted by Crippen LogP contribution is 2.36. The molecule has 0 aromatic rings. The van der Waals surface area contributed by atoms with E-state index in [1.54, 1.807) is 0 Å². The first kappa shape index (κ1) is 13.4. The molecule has 1 unspecified atom stereocenters. The fourth-order valence-electron chi connectivity index (χ4n) is 1.48. The molecule has 16 heavy (non-hydrogen) atoms. The van der Waals surface area contributed by atoms with Gasteiger partial charge in [-0.3, -0.25) is 0 Å². The van der Waals surface area contributed by atoms with Crippen LogP contribution in [0.25, 0.3) is 0 Å². The highest BCUT2D eigenvalue weighted by molar-refractivity contribution is 7.80. The molecule has 0 saturated carbocycles. The Kier molecular flexibility index (Phi) is 4.32. The Morgan fingerprint density at radius 3 is 2.69 bits per heavy atom. The van der Waals surface area contributed by atoms with Gasteiger partial charge < -0.3 is 10.1 Å². The summed E-state index contributed by atoms with van der Waals surface area (Å²) in [7, 11) is 0. The Morgan fingerprint density at radius 2 is 2.19 bits per heavy atom. The highest BCUT2D eigenvalue weighted by Gasteiger charge is 2.35. The second-order valence-electron chi connectivity index (χ2n) is 3.39. The van der Waals surface area contributed by atoms with Crippen LogP contribution in [-0.4, -0.2) is 17.4 Å². The van der Waals surface area contributed by atoms with Gasteiger partial charge in [0, 0.05) is 23.4 Å². The van der Waals surface area contributed by atoms with E-state index in [1.807, 2.05) is 0 Å². The standard InChI is InChI=1S/C9H9ClF3NOS/c10-6-2-1-5(7(14)4-16)3-8(6)15-9(11,12)13/h4-5,14H,1-3H2. The summed E-state index contributed by atoms with van der Waals surface area (Å²) in [5, 5.41) is 8.69. The van der Waals surface area contributed by atoms with Gasteiger partial charge in [0.25, 0.3) is 0 Å². The lowest BCUT2D eigenvalue weighted by molar-refractivity contribution is -0.307. The molecular formula is C9H9ClF3NOS. The number of allylic oxidation sites excluding steroid dienone is 2. The number of halogens is 4. The van der Waals surface area contributed by atoms with E-state index in [0.717, 1.165) is 5.37 Å². The Labute approximate surface area is 101 Å². The molecule has 1 atom stereocenters. The van der Waals surface area contributed by atoms with Crippen LogP contribution in [0.5, 0.6) is 0 Å². The van der Waals surface area contributed by atoms with Crippen molar-refractivity contribution in [3.8, 4) is 0 Å². The van der Waals surface area contributed by atoms with Crippen LogP contribution < -0.4 is 0 Å².